The van der Waals surface area contributed by atoms with Crippen LogP contribution in [0.3, 0.4) is 0 Å². The lowest BCUT2D eigenvalue weighted by molar-refractivity contribution is 0.150. The van der Waals surface area contributed by atoms with E-state index in [1.54, 1.807) is 0 Å². The Kier molecular flexibility index (Phi) is 5.21. The summed E-state index contributed by atoms with van der Waals surface area (Å²) in [7, 11) is 4.30. The van der Waals surface area contributed by atoms with Gasteiger partial charge in [0.1, 0.15) is 5.82 Å². The molecule has 0 bridgehead atoms. The molecular formula is C16H24BrFN2. The van der Waals surface area contributed by atoms with E-state index < -0.39 is 0 Å². The molecular weight excluding hydrogens is 319 g/mol. The average Bonchev–Trinajstić information content (AvgIpc) is 2.86. The molecule has 1 aliphatic carbocycles. The highest BCUT2D eigenvalue weighted by atomic mass is 79.9. The Morgan fingerprint density at radius 1 is 1.35 bits per heavy atom. The van der Waals surface area contributed by atoms with Crippen LogP contribution in [0.1, 0.15) is 44.2 Å². The van der Waals surface area contributed by atoms with Crippen LogP contribution in [0.25, 0.3) is 0 Å². The summed E-state index contributed by atoms with van der Waals surface area (Å²) in [6.07, 6.45) is 5.03. The first-order valence-corrected chi connectivity index (χ1v) is 8.10. The number of halogens is 2. The molecule has 2 nitrogen and oxygen atoms in total. The van der Waals surface area contributed by atoms with E-state index in [1.807, 2.05) is 19.1 Å². The van der Waals surface area contributed by atoms with Gasteiger partial charge in [0.25, 0.3) is 0 Å². The Morgan fingerprint density at radius 3 is 2.55 bits per heavy atom. The van der Waals surface area contributed by atoms with Crippen molar-refractivity contribution in [2.45, 2.75) is 44.2 Å². The predicted molar refractivity (Wildman–Crippen MR) is 85.4 cm³/mol. The van der Waals surface area contributed by atoms with E-state index in [-0.39, 0.29) is 17.4 Å². The van der Waals surface area contributed by atoms with Crippen molar-refractivity contribution in [1.82, 2.24) is 10.2 Å². The highest BCUT2D eigenvalue weighted by Gasteiger charge is 2.35. The molecule has 1 aromatic rings. The van der Waals surface area contributed by atoms with E-state index >= 15 is 0 Å². The van der Waals surface area contributed by atoms with Crippen molar-refractivity contribution in [1.29, 1.82) is 0 Å². The maximum Gasteiger partial charge on any atom is 0.129 e. The minimum absolute atomic E-state index is 0.0283. The third-order valence-electron chi connectivity index (χ3n) is 4.65. The van der Waals surface area contributed by atoms with Crippen molar-refractivity contribution in [3.05, 3.63) is 34.1 Å². The average molecular weight is 343 g/mol. The lowest BCUT2D eigenvalue weighted by Gasteiger charge is -2.37. The van der Waals surface area contributed by atoms with Gasteiger partial charge in [-0.2, -0.15) is 0 Å². The fraction of sp³-hybridized carbons (Fsp3) is 0.625. The number of rotatable bonds is 5. The van der Waals surface area contributed by atoms with E-state index in [0.29, 0.717) is 0 Å². The molecule has 4 heteroatoms. The van der Waals surface area contributed by atoms with Crippen LogP contribution >= 0.6 is 15.9 Å². The van der Waals surface area contributed by atoms with Crippen LogP contribution in [-0.4, -0.2) is 31.1 Å². The Hall–Kier alpha value is -0.450. The second kappa shape index (κ2) is 6.54. The lowest BCUT2D eigenvalue weighted by atomic mass is 9.95. The Balaban J connectivity index is 2.02. The van der Waals surface area contributed by atoms with Crippen LogP contribution in [-0.2, 0) is 0 Å². The highest BCUT2D eigenvalue weighted by molar-refractivity contribution is 9.10. The first-order chi connectivity index (χ1) is 9.44. The number of nitrogens with one attached hydrogen (secondary N) is 1. The standard InChI is InChI=1S/C16H24BrFN2/c1-12(14-7-6-13(17)10-15(14)18)19-11-16(20(2)3)8-4-5-9-16/h6-7,10,12,19H,4-5,8-9,11H2,1-3H3. The second-order valence-corrected chi connectivity index (χ2v) is 7.01. The zero-order valence-corrected chi connectivity index (χ0v) is 14.1. The van der Waals surface area contributed by atoms with Crippen molar-refractivity contribution < 1.29 is 4.39 Å². The first-order valence-electron chi connectivity index (χ1n) is 7.30. The summed E-state index contributed by atoms with van der Waals surface area (Å²) in [6.45, 7) is 2.95. The quantitative estimate of drug-likeness (QED) is 0.865. The topological polar surface area (TPSA) is 15.3 Å². The second-order valence-electron chi connectivity index (χ2n) is 6.09. The first kappa shape index (κ1) is 15.9. The number of nitrogens with zero attached hydrogens (tertiary/aromatic N) is 1. The Morgan fingerprint density at radius 2 is 2.00 bits per heavy atom. The van der Waals surface area contributed by atoms with Crippen molar-refractivity contribution in [3.63, 3.8) is 0 Å². The third-order valence-corrected chi connectivity index (χ3v) is 5.14. The summed E-state index contributed by atoms with van der Waals surface area (Å²) in [6, 6.07) is 5.31. The molecule has 2 rings (SSSR count). The number of hydrogen-bond donors (Lipinski definition) is 1. The summed E-state index contributed by atoms with van der Waals surface area (Å²) >= 11 is 3.30. The van der Waals surface area contributed by atoms with E-state index in [0.717, 1.165) is 16.6 Å². The third kappa shape index (κ3) is 3.41. The summed E-state index contributed by atoms with van der Waals surface area (Å²) < 4.78 is 14.8. The molecule has 112 valence electrons. The highest BCUT2D eigenvalue weighted by Crippen LogP contribution is 2.33. The lowest BCUT2D eigenvalue weighted by Crippen LogP contribution is -2.50. The predicted octanol–water partition coefficient (Wildman–Crippen LogP) is 4.11. The van der Waals surface area contributed by atoms with Gasteiger partial charge in [0, 0.05) is 28.2 Å². The van der Waals surface area contributed by atoms with E-state index in [1.165, 1.54) is 31.7 Å². The molecule has 0 saturated heterocycles. The van der Waals surface area contributed by atoms with Crippen molar-refractivity contribution >= 4 is 15.9 Å². The Bertz CT molecular complexity index is 456. The summed E-state index contributed by atoms with van der Waals surface area (Å²) in [5.41, 5.74) is 0.972. The number of benzene rings is 1. The van der Waals surface area contributed by atoms with Crippen LogP contribution in [0, 0.1) is 5.82 Å². The SMILES string of the molecule is CC(NCC1(N(C)C)CCCC1)c1ccc(Br)cc1F. The maximum atomic E-state index is 14.0. The largest absolute Gasteiger partial charge is 0.308 e. The summed E-state index contributed by atoms with van der Waals surface area (Å²) in [4.78, 5) is 2.33. The van der Waals surface area contributed by atoms with Crippen LogP contribution in [0.4, 0.5) is 4.39 Å². The summed E-state index contributed by atoms with van der Waals surface area (Å²) in [5.74, 6) is -0.148. The minimum Gasteiger partial charge on any atom is -0.308 e. The van der Waals surface area contributed by atoms with Gasteiger partial charge < -0.3 is 10.2 Å². The molecule has 0 spiro atoms. The molecule has 1 atom stereocenters. The molecule has 20 heavy (non-hydrogen) atoms. The van der Waals surface area contributed by atoms with Gasteiger partial charge in [0.05, 0.1) is 0 Å². The number of likely N-dealkylation sites (N-methyl/N-ethyl adjacent to an activating group) is 1. The number of hydrogen-bond acceptors (Lipinski definition) is 2. The summed E-state index contributed by atoms with van der Waals surface area (Å²) in [5, 5.41) is 3.53. The minimum atomic E-state index is -0.148. The van der Waals surface area contributed by atoms with Crippen LogP contribution in [0.5, 0.6) is 0 Å². The van der Waals surface area contributed by atoms with E-state index in [2.05, 4.69) is 40.2 Å². The molecule has 1 unspecified atom stereocenters. The van der Waals surface area contributed by atoms with Gasteiger partial charge in [-0.3, -0.25) is 0 Å². The van der Waals surface area contributed by atoms with E-state index in [4.69, 9.17) is 0 Å². The molecule has 0 radical (unpaired) electrons. The zero-order chi connectivity index (χ0) is 14.8. The molecule has 1 aromatic carbocycles. The van der Waals surface area contributed by atoms with Gasteiger partial charge in [-0.25, -0.2) is 4.39 Å². The molecule has 0 aliphatic heterocycles. The van der Waals surface area contributed by atoms with Gasteiger partial charge in [-0.05, 0) is 46.0 Å². The Labute approximate surface area is 129 Å². The molecule has 1 saturated carbocycles. The van der Waals surface area contributed by atoms with Crippen molar-refractivity contribution in [2.24, 2.45) is 0 Å². The molecule has 1 aliphatic rings. The van der Waals surface area contributed by atoms with Crippen LogP contribution < -0.4 is 5.32 Å². The van der Waals surface area contributed by atoms with Gasteiger partial charge >= 0.3 is 0 Å². The molecule has 1 fully saturated rings. The van der Waals surface area contributed by atoms with Gasteiger partial charge in [0.2, 0.25) is 0 Å². The van der Waals surface area contributed by atoms with Crippen molar-refractivity contribution in [3.8, 4) is 0 Å². The monoisotopic (exact) mass is 342 g/mol. The van der Waals surface area contributed by atoms with Gasteiger partial charge in [-0.1, -0.05) is 34.8 Å². The molecule has 0 aromatic heterocycles. The van der Waals surface area contributed by atoms with Gasteiger partial charge in [0.15, 0.2) is 0 Å². The fourth-order valence-corrected chi connectivity index (χ4v) is 3.45. The van der Waals surface area contributed by atoms with Gasteiger partial charge in [-0.15, -0.1) is 0 Å². The molecule has 0 amide bonds. The normalized spacial score (nSPS) is 19.5. The van der Waals surface area contributed by atoms with Crippen molar-refractivity contribution in [2.75, 3.05) is 20.6 Å². The van der Waals surface area contributed by atoms with E-state index in [9.17, 15) is 4.39 Å². The van der Waals surface area contributed by atoms with Crippen LogP contribution in [0.15, 0.2) is 22.7 Å². The smallest absolute Gasteiger partial charge is 0.129 e. The maximum absolute atomic E-state index is 14.0. The molecule has 1 N–H and O–H groups in total. The zero-order valence-electron chi connectivity index (χ0n) is 12.5. The fourth-order valence-electron chi connectivity index (χ4n) is 3.12. The van der Waals surface area contributed by atoms with Crippen LogP contribution in [0.2, 0.25) is 0 Å². The molecule has 0 heterocycles.